The van der Waals surface area contributed by atoms with Gasteiger partial charge in [-0.2, -0.15) is 0 Å². The molecule has 0 fully saturated rings. The third-order valence-electron chi connectivity index (χ3n) is 5.36. The number of halogens is 1. The van der Waals surface area contributed by atoms with Crippen LogP contribution in [0.15, 0.2) is 71.2 Å². The van der Waals surface area contributed by atoms with Crippen LogP contribution in [0.25, 0.3) is 0 Å². The van der Waals surface area contributed by atoms with Crippen molar-refractivity contribution in [3.05, 3.63) is 81.8 Å². The van der Waals surface area contributed by atoms with Gasteiger partial charge in [-0.05, 0) is 49.1 Å². The molecule has 0 saturated carbocycles. The Balaban J connectivity index is 1.81. The molecule has 1 aromatic carbocycles. The molecule has 0 unspecified atom stereocenters. The first-order valence-corrected chi connectivity index (χ1v) is 10.0. The lowest BCUT2D eigenvalue weighted by atomic mass is 9.73. The van der Waals surface area contributed by atoms with Gasteiger partial charge in [-0.1, -0.05) is 36.7 Å². The second-order valence-corrected chi connectivity index (χ2v) is 8.09. The minimum atomic E-state index is -0.464. The number of hydrogen-bond acceptors (Lipinski definition) is 4. The number of anilines is 1. The van der Waals surface area contributed by atoms with E-state index in [1.807, 2.05) is 31.2 Å². The van der Waals surface area contributed by atoms with Crippen molar-refractivity contribution in [3.63, 3.8) is 0 Å². The third kappa shape index (κ3) is 3.83. The average Bonchev–Trinajstić information content (AvgIpc) is 2.67. The van der Waals surface area contributed by atoms with Crippen LogP contribution in [0, 0.1) is 5.92 Å². The molecule has 1 amide bonds. The molecule has 2 heterocycles. The Kier molecular flexibility index (Phi) is 5.24. The number of nitrogens with one attached hydrogen (secondary N) is 2. The quantitative estimate of drug-likeness (QED) is 0.780. The van der Waals surface area contributed by atoms with Crippen LogP contribution >= 0.6 is 11.6 Å². The summed E-state index contributed by atoms with van der Waals surface area (Å²) in [7, 11) is 0. The monoisotopic (exact) mass is 407 g/mol. The molecular weight excluding hydrogens is 386 g/mol. The van der Waals surface area contributed by atoms with Crippen molar-refractivity contribution < 1.29 is 9.59 Å². The Hall–Kier alpha value is -2.92. The van der Waals surface area contributed by atoms with Crippen molar-refractivity contribution in [1.29, 1.82) is 0 Å². The van der Waals surface area contributed by atoms with Gasteiger partial charge in [0, 0.05) is 46.1 Å². The zero-order valence-corrected chi connectivity index (χ0v) is 17.1. The number of amides is 1. The summed E-state index contributed by atoms with van der Waals surface area (Å²) in [6, 6.07) is 12.7. The molecule has 29 heavy (non-hydrogen) atoms. The van der Waals surface area contributed by atoms with Crippen LogP contribution in [0.2, 0.25) is 5.02 Å². The Morgan fingerprint density at radius 3 is 2.76 bits per heavy atom. The maximum atomic E-state index is 13.3. The van der Waals surface area contributed by atoms with Gasteiger partial charge in [0.1, 0.15) is 5.82 Å². The number of ketones is 1. The maximum absolute atomic E-state index is 13.3. The molecule has 5 nitrogen and oxygen atoms in total. The number of allylic oxidation sites excluding steroid dienone is 3. The fourth-order valence-corrected chi connectivity index (χ4v) is 4.37. The highest BCUT2D eigenvalue weighted by Crippen LogP contribution is 2.43. The van der Waals surface area contributed by atoms with E-state index in [0.717, 1.165) is 23.4 Å². The van der Waals surface area contributed by atoms with Gasteiger partial charge >= 0.3 is 0 Å². The van der Waals surface area contributed by atoms with E-state index < -0.39 is 5.92 Å². The highest BCUT2D eigenvalue weighted by atomic mass is 35.5. The van der Waals surface area contributed by atoms with Crippen molar-refractivity contribution in [2.75, 3.05) is 5.32 Å². The first-order chi connectivity index (χ1) is 13.9. The highest BCUT2D eigenvalue weighted by Gasteiger charge is 2.39. The smallest absolute Gasteiger partial charge is 0.255 e. The predicted octanol–water partition coefficient (Wildman–Crippen LogP) is 4.59. The highest BCUT2D eigenvalue weighted by molar-refractivity contribution is 6.30. The van der Waals surface area contributed by atoms with Gasteiger partial charge in [-0.3, -0.25) is 9.59 Å². The number of nitrogens with zero attached hydrogens (tertiary/aromatic N) is 1. The number of dihydropyridines is 1. The first-order valence-electron chi connectivity index (χ1n) is 9.66. The van der Waals surface area contributed by atoms with Gasteiger partial charge in [0.05, 0.1) is 0 Å². The number of Topliss-reactive ketones (excluding diaryl/α,β-unsaturated/α-hetero) is 1. The van der Waals surface area contributed by atoms with E-state index in [2.05, 4.69) is 22.5 Å². The largest absolute Gasteiger partial charge is 0.362 e. The van der Waals surface area contributed by atoms with Crippen LogP contribution in [-0.4, -0.2) is 16.7 Å². The molecular formula is C23H22ClN3O2. The van der Waals surface area contributed by atoms with E-state index in [1.54, 1.807) is 24.4 Å². The molecule has 4 rings (SSSR count). The number of carbonyl (C=O) groups excluding carboxylic acids is 2. The van der Waals surface area contributed by atoms with Crippen molar-refractivity contribution in [3.8, 4) is 0 Å². The molecule has 0 spiro atoms. The zero-order chi connectivity index (χ0) is 20.5. The SMILES string of the molecule is CC1=C(C(=O)Nc2ccccn2)[C@@H](c2cccc(Cl)c2)C2=C(C[C@H](C)CC2=O)N1. The molecule has 1 aliphatic carbocycles. The Labute approximate surface area is 174 Å². The topological polar surface area (TPSA) is 71.1 Å². The fourth-order valence-electron chi connectivity index (χ4n) is 4.17. The van der Waals surface area contributed by atoms with Crippen LogP contribution in [0.3, 0.4) is 0 Å². The van der Waals surface area contributed by atoms with Crippen LogP contribution in [-0.2, 0) is 9.59 Å². The van der Waals surface area contributed by atoms with Gasteiger partial charge in [0.25, 0.3) is 5.91 Å². The van der Waals surface area contributed by atoms with E-state index in [9.17, 15) is 9.59 Å². The van der Waals surface area contributed by atoms with E-state index in [-0.39, 0.29) is 17.6 Å². The molecule has 2 atom stereocenters. The second-order valence-electron chi connectivity index (χ2n) is 7.65. The van der Waals surface area contributed by atoms with Crippen LogP contribution in [0.1, 0.15) is 38.2 Å². The van der Waals surface area contributed by atoms with E-state index in [0.29, 0.717) is 28.4 Å². The van der Waals surface area contributed by atoms with E-state index in [4.69, 9.17) is 11.6 Å². The molecule has 1 aliphatic heterocycles. The minimum absolute atomic E-state index is 0.0758. The van der Waals surface area contributed by atoms with E-state index in [1.165, 1.54) is 0 Å². The normalized spacial score (nSPS) is 21.6. The van der Waals surface area contributed by atoms with Crippen molar-refractivity contribution in [2.24, 2.45) is 5.92 Å². The number of pyridine rings is 1. The summed E-state index contributed by atoms with van der Waals surface area (Å²) in [6.07, 6.45) is 2.88. The van der Waals surface area contributed by atoms with Gasteiger partial charge < -0.3 is 10.6 Å². The lowest BCUT2D eigenvalue weighted by Gasteiger charge is -2.36. The Morgan fingerprint density at radius 1 is 1.21 bits per heavy atom. The van der Waals surface area contributed by atoms with Crippen LogP contribution in [0.4, 0.5) is 5.82 Å². The Morgan fingerprint density at radius 2 is 2.03 bits per heavy atom. The molecule has 1 aromatic heterocycles. The molecule has 6 heteroatoms. The van der Waals surface area contributed by atoms with E-state index >= 15 is 0 Å². The molecule has 0 saturated heterocycles. The number of rotatable bonds is 3. The number of carbonyl (C=O) groups is 2. The first kappa shape index (κ1) is 19.4. The summed E-state index contributed by atoms with van der Waals surface area (Å²) in [6.45, 7) is 3.94. The molecule has 148 valence electrons. The van der Waals surface area contributed by atoms with Gasteiger partial charge in [-0.15, -0.1) is 0 Å². The van der Waals surface area contributed by atoms with Crippen molar-refractivity contribution in [2.45, 2.75) is 32.6 Å². The second kappa shape index (κ2) is 7.84. The van der Waals surface area contributed by atoms with Crippen molar-refractivity contribution >= 4 is 29.1 Å². The summed E-state index contributed by atoms with van der Waals surface area (Å²) in [5, 5.41) is 6.77. The molecule has 2 aromatic rings. The fraction of sp³-hybridized carbons (Fsp3) is 0.261. The summed E-state index contributed by atoms with van der Waals surface area (Å²) in [5.41, 5.74) is 3.66. The summed E-state index contributed by atoms with van der Waals surface area (Å²) in [5.74, 6) is 0.0636. The third-order valence-corrected chi connectivity index (χ3v) is 5.60. The van der Waals surface area contributed by atoms with Crippen LogP contribution in [0.5, 0.6) is 0 Å². The standard InChI is InChI=1S/C23H22ClN3O2/c1-13-10-17-22(18(28)11-13)21(15-6-5-7-16(24)12-15)20(14(2)26-17)23(29)27-19-8-3-4-9-25-19/h3-9,12-13,21,26H,10-11H2,1-2H3,(H,25,27,29)/t13-,21+/m0/s1. The van der Waals surface area contributed by atoms with Gasteiger partial charge in [0.15, 0.2) is 5.78 Å². The summed E-state index contributed by atoms with van der Waals surface area (Å²) >= 11 is 6.25. The maximum Gasteiger partial charge on any atom is 0.255 e. The lowest BCUT2D eigenvalue weighted by Crippen LogP contribution is -2.37. The lowest BCUT2D eigenvalue weighted by molar-refractivity contribution is -0.117. The van der Waals surface area contributed by atoms with Gasteiger partial charge in [-0.25, -0.2) is 4.98 Å². The molecule has 0 radical (unpaired) electrons. The summed E-state index contributed by atoms with van der Waals surface area (Å²) < 4.78 is 0. The number of benzene rings is 1. The molecule has 0 bridgehead atoms. The molecule has 2 aliphatic rings. The number of aromatic nitrogens is 1. The molecule has 2 N–H and O–H groups in total. The summed E-state index contributed by atoms with van der Waals surface area (Å²) in [4.78, 5) is 30.5. The zero-order valence-electron chi connectivity index (χ0n) is 16.3. The van der Waals surface area contributed by atoms with Gasteiger partial charge in [0.2, 0.25) is 0 Å². The average molecular weight is 408 g/mol. The number of hydrogen-bond donors (Lipinski definition) is 2. The minimum Gasteiger partial charge on any atom is -0.362 e. The Bertz CT molecular complexity index is 1040. The van der Waals surface area contributed by atoms with Crippen molar-refractivity contribution in [1.82, 2.24) is 10.3 Å². The van der Waals surface area contributed by atoms with Crippen LogP contribution < -0.4 is 10.6 Å². The predicted molar refractivity (Wildman–Crippen MR) is 113 cm³/mol.